The van der Waals surface area contributed by atoms with Gasteiger partial charge in [-0.3, -0.25) is 0 Å². The minimum absolute atomic E-state index is 0.0921. The van der Waals surface area contributed by atoms with E-state index in [1.165, 1.54) is 19.4 Å². The lowest BCUT2D eigenvalue weighted by Crippen LogP contribution is -2.32. The zero-order valence-corrected chi connectivity index (χ0v) is 10.2. The van der Waals surface area contributed by atoms with Gasteiger partial charge in [-0.15, -0.1) is 10.2 Å². The molecule has 0 amide bonds. The van der Waals surface area contributed by atoms with Gasteiger partial charge in [0.1, 0.15) is 11.6 Å². The third-order valence-corrected chi connectivity index (χ3v) is 3.95. The van der Waals surface area contributed by atoms with Crippen LogP contribution in [0.5, 0.6) is 0 Å². The summed E-state index contributed by atoms with van der Waals surface area (Å²) in [5.74, 6) is 2.86. The molecular weight excluding hydrogens is 214 g/mol. The molecule has 2 aliphatic heterocycles. The number of nitrogens with two attached hydrogens (primary N) is 1. The molecular formula is C12H21N5. The largest absolute Gasteiger partial charge is 0.321 e. The maximum Gasteiger partial charge on any atom is 0.149 e. The predicted molar refractivity (Wildman–Crippen MR) is 65.5 cm³/mol. The molecule has 1 aromatic rings. The molecule has 0 aromatic carbocycles. The minimum atomic E-state index is 0.0921. The second-order valence-electron chi connectivity index (χ2n) is 5.29. The summed E-state index contributed by atoms with van der Waals surface area (Å²) in [5, 5.41) is 12.1. The van der Waals surface area contributed by atoms with Crippen molar-refractivity contribution in [2.75, 3.05) is 13.1 Å². The molecule has 3 rings (SSSR count). The van der Waals surface area contributed by atoms with Crippen molar-refractivity contribution < 1.29 is 0 Å². The molecule has 2 atom stereocenters. The lowest BCUT2D eigenvalue weighted by molar-refractivity contribution is 0.360. The molecule has 2 unspecified atom stereocenters. The first kappa shape index (κ1) is 11.2. The molecule has 3 N–H and O–H groups in total. The van der Waals surface area contributed by atoms with Crippen LogP contribution in [0.1, 0.15) is 43.4 Å². The van der Waals surface area contributed by atoms with Gasteiger partial charge < -0.3 is 15.6 Å². The van der Waals surface area contributed by atoms with Gasteiger partial charge in [-0.1, -0.05) is 0 Å². The Labute approximate surface area is 102 Å². The molecule has 1 aromatic heterocycles. The number of nitrogens with one attached hydrogen (secondary N) is 1. The van der Waals surface area contributed by atoms with Crippen molar-refractivity contribution in [2.24, 2.45) is 11.7 Å². The zero-order chi connectivity index (χ0) is 11.7. The van der Waals surface area contributed by atoms with Crippen LogP contribution < -0.4 is 11.1 Å². The average Bonchev–Trinajstić information content (AvgIpc) is 2.76. The number of fused-ring (bicyclic) bond motifs is 1. The molecule has 5 nitrogen and oxygen atoms in total. The third-order valence-electron chi connectivity index (χ3n) is 3.95. The van der Waals surface area contributed by atoms with E-state index in [1.54, 1.807) is 0 Å². The molecule has 0 bridgehead atoms. The minimum Gasteiger partial charge on any atom is -0.321 e. The van der Waals surface area contributed by atoms with Crippen molar-refractivity contribution in [2.45, 2.75) is 44.7 Å². The van der Waals surface area contributed by atoms with Crippen LogP contribution in [0.15, 0.2) is 0 Å². The Morgan fingerprint density at radius 3 is 3.06 bits per heavy atom. The van der Waals surface area contributed by atoms with E-state index in [1.807, 2.05) is 0 Å². The highest BCUT2D eigenvalue weighted by atomic mass is 15.3. The molecule has 0 radical (unpaired) electrons. The molecule has 1 saturated heterocycles. The summed E-state index contributed by atoms with van der Waals surface area (Å²) in [6.07, 6.45) is 5.84. The van der Waals surface area contributed by atoms with E-state index < -0.39 is 0 Å². The molecule has 0 spiro atoms. The lowest BCUT2D eigenvalue weighted by Gasteiger charge is -2.24. The van der Waals surface area contributed by atoms with Crippen LogP contribution in [0.3, 0.4) is 0 Å². The molecule has 0 saturated carbocycles. The van der Waals surface area contributed by atoms with Crippen molar-refractivity contribution in [3.8, 4) is 0 Å². The summed E-state index contributed by atoms with van der Waals surface area (Å²) >= 11 is 0. The normalized spacial score (nSPS) is 29.0. The fourth-order valence-electron chi connectivity index (χ4n) is 2.97. The smallest absolute Gasteiger partial charge is 0.149 e. The van der Waals surface area contributed by atoms with E-state index in [4.69, 9.17) is 5.73 Å². The summed E-state index contributed by atoms with van der Waals surface area (Å²) < 4.78 is 2.25. The molecule has 3 heterocycles. The van der Waals surface area contributed by atoms with Crippen molar-refractivity contribution in [3.63, 3.8) is 0 Å². The quantitative estimate of drug-likeness (QED) is 0.788. The SMILES string of the molecule is NC1CCCn2c(CC3CCCNC3)nnc21. The predicted octanol–water partition coefficient (Wildman–Crippen LogP) is 0.614. The monoisotopic (exact) mass is 235 g/mol. The topological polar surface area (TPSA) is 68.8 Å². The maximum absolute atomic E-state index is 6.06. The van der Waals surface area contributed by atoms with Gasteiger partial charge in [-0.2, -0.15) is 0 Å². The highest BCUT2D eigenvalue weighted by Gasteiger charge is 2.24. The highest BCUT2D eigenvalue weighted by Crippen LogP contribution is 2.24. The van der Waals surface area contributed by atoms with Crippen molar-refractivity contribution in [1.82, 2.24) is 20.1 Å². The van der Waals surface area contributed by atoms with Crippen LogP contribution in [0.2, 0.25) is 0 Å². The molecule has 5 heteroatoms. The first-order chi connectivity index (χ1) is 8.34. The Hall–Kier alpha value is -0.940. The number of hydrogen-bond acceptors (Lipinski definition) is 4. The zero-order valence-electron chi connectivity index (χ0n) is 10.2. The van der Waals surface area contributed by atoms with Crippen LogP contribution in [-0.4, -0.2) is 27.9 Å². The number of hydrogen-bond donors (Lipinski definition) is 2. The Balaban J connectivity index is 1.74. The first-order valence-corrected chi connectivity index (χ1v) is 6.73. The standard InChI is InChI=1S/C12H21N5/c13-10-4-2-6-17-11(15-16-12(10)17)7-9-3-1-5-14-8-9/h9-10,14H,1-8,13H2. The number of nitrogens with zero attached hydrogens (tertiary/aromatic N) is 3. The van der Waals surface area contributed by atoms with Gasteiger partial charge >= 0.3 is 0 Å². The van der Waals surface area contributed by atoms with E-state index >= 15 is 0 Å². The van der Waals surface area contributed by atoms with Gasteiger partial charge in [0.05, 0.1) is 6.04 Å². The summed E-state index contributed by atoms with van der Waals surface area (Å²) in [6, 6.07) is 0.0921. The molecule has 17 heavy (non-hydrogen) atoms. The van der Waals surface area contributed by atoms with E-state index in [9.17, 15) is 0 Å². The summed E-state index contributed by atoms with van der Waals surface area (Å²) in [5.41, 5.74) is 6.06. The van der Waals surface area contributed by atoms with Gasteiger partial charge in [0, 0.05) is 13.0 Å². The van der Waals surface area contributed by atoms with Crippen molar-refractivity contribution in [1.29, 1.82) is 0 Å². The van der Waals surface area contributed by atoms with Gasteiger partial charge in [-0.25, -0.2) is 0 Å². The Morgan fingerprint density at radius 1 is 1.29 bits per heavy atom. The fourth-order valence-corrected chi connectivity index (χ4v) is 2.97. The second kappa shape index (κ2) is 4.74. The average molecular weight is 235 g/mol. The van der Waals surface area contributed by atoms with Crippen molar-refractivity contribution >= 4 is 0 Å². The van der Waals surface area contributed by atoms with Crippen LogP contribution >= 0.6 is 0 Å². The highest BCUT2D eigenvalue weighted by molar-refractivity contribution is 5.04. The van der Waals surface area contributed by atoms with E-state index in [0.29, 0.717) is 0 Å². The lowest BCUT2D eigenvalue weighted by atomic mass is 9.95. The molecule has 0 aliphatic carbocycles. The van der Waals surface area contributed by atoms with E-state index in [2.05, 4.69) is 20.1 Å². The number of aromatic nitrogens is 3. The van der Waals surface area contributed by atoms with Gasteiger partial charge in [0.25, 0.3) is 0 Å². The van der Waals surface area contributed by atoms with E-state index in [-0.39, 0.29) is 6.04 Å². The first-order valence-electron chi connectivity index (χ1n) is 6.73. The van der Waals surface area contributed by atoms with Crippen LogP contribution in [-0.2, 0) is 13.0 Å². The van der Waals surface area contributed by atoms with Crippen LogP contribution in [0.25, 0.3) is 0 Å². The molecule has 1 fully saturated rings. The molecule has 2 aliphatic rings. The van der Waals surface area contributed by atoms with Crippen LogP contribution in [0, 0.1) is 5.92 Å². The van der Waals surface area contributed by atoms with Gasteiger partial charge in [0.2, 0.25) is 0 Å². The number of piperidine rings is 1. The summed E-state index contributed by atoms with van der Waals surface area (Å²) in [7, 11) is 0. The maximum atomic E-state index is 6.06. The van der Waals surface area contributed by atoms with Gasteiger partial charge in [-0.05, 0) is 44.7 Å². The van der Waals surface area contributed by atoms with Gasteiger partial charge in [0.15, 0.2) is 0 Å². The van der Waals surface area contributed by atoms with Crippen molar-refractivity contribution in [3.05, 3.63) is 11.6 Å². The summed E-state index contributed by atoms with van der Waals surface area (Å²) in [4.78, 5) is 0. The second-order valence-corrected chi connectivity index (χ2v) is 5.29. The fraction of sp³-hybridized carbons (Fsp3) is 0.833. The van der Waals surface area contributed by atoms with Crippen LogP contribution in [0.4, 0.5) is 0 Å². The third kappa shape index (κ3) is 2.21. The Kier molecular flexibility index (Phi) is 3.11. The number of rotatable bonds is 2. The summed E-state index contributed by atoms with van der Waals surface area (Å²) in [6.45, 7) is 3.33. The molecule has 94 valence electrons. The van der Waals surface area contributed by atoms with E-state index in [0.717, 1.165) is 49.9 Å². The Morgan fingerprint density at radius 2 is 2.24 bits per heavy atom. The Bertz CT molecular complexity index is 380.